The lowest BCUT2D eigenvalue weighted by molar-refractivity contribution is 0.111. The average Bonchev–Trinajstić information content (AvgIpc) is 2.30. The van der Waals surface area contributed by atoms with Crippen molar-refractivity contribution in [3.63, 3.8) is 0 Å². The van der Waals surface area contributed by atoms with Gasteiger partial charge in [-0.25, -0.2) is 0 Å². The van der Waals surface area contributed by atoms with E-state index in [1.807, 2.05) is 0 Å². The standard InChI is InChI=1S/C11H23N/c1-9(2)12-8-6-7-10(12)11(3,4)5/h9-10H,6-8H2,1-5H3/t10-/m0/s1. The van der Waals surface area contributed by atoms with Gasteiger partial charge < -0.3 is 0 Å². The first-order valence-electron chi connectivity index (χ1n) is 5.18. The lowest BCUT2D eigenvalue weighted by Gasteiger charge is -2.37. The molecule has 0 aromatic heterocycles. The van der Waals surface area contributed by atoms with E-state index in [9.17, 15) is 0 Å². The van der Waals surface area contributed by atoms with Crippen LogP contribution in [0.1, 0.15) is 47.5 Å². The average molecular weight is 169 g/mol. The lowest BCUT2D eigenvalue weighted by Crippen LogP contribution is -2.43. The predicted octanol–water partition coefficient (Wildman–Crippen LogP) is 2.91. The Morgan fingerprint density at radius 2 is 1.83 bits per heavy atom. The normalized spacial score (nSPS) is 27.0. The highest BCUT2D eigenvalue weighted by Crippen LogP contribution is 2.33. The van der Waals surface area contributed by atoms with Gasteiger partial charge in [-0.1, -0.05) is 20.8 Å². The maximum atomic E-state index is 2.65. The van der Waals surface area contributed by atoms with Gasteiger partial charge in [0.25, 0.3) is 0 Å². The van der Waals surface area contributed by atoms with Crippen molar-refractivity contribution in [2.45, 2.75) is 59.5 Å². The molecule has 1 aliphatic rings. The van der Waals surface area contributed by atoms with Gasteiger partial charge in [0, 0.05) is 12.1 Å². The molecule has 0 saturated carbocycles. The highest BCUT2D eigenvalue weighted by molar-refractivity contribution is 4.89. The summed E-state index contributed by atoms with van der Waals surface area (Å²) in [6.07, 6.45) is 2.78. The van der Waals surface area contributed by atoms with Crippen molar-refractivity contribution >= 4 is 0 Å². The summed E-state index contributed by atoms with van der Waals surface area (Å²) in [7, 11) is 0. The van der Waals surface area contributed by atoms with Crippen LogP contribution in [0, 0.1) is 5.41 Å². The summed E-state index contributed by atoms with van der Waals surface area (Å²) in [4.78, 5) is 2.65. The number of hydrogen-bond donors (Lipinski definition) is 0. The molecule has 12 heavy (non-hydrogen) atoms. The van der Waals surface area contributed by atoms with E-state index in [2.05, 4.69) is 39.5 Å². The van der Waals surface area contributed by atoms with Crippen molar-refractivity contribution in [3.05, 3.63) is 0 Å². The Morgan fingerprint density at radius 1 is 1.25 bits per heavy atom. The third-order valence-corrected chi connectivity index (χ3v) is 2.96. The van der Waals surface area contributed by atoms with Crippen LogP contribution < -0.4 is 0 Å². The Bertz CT molecular complexity index is 144. The number of nitrogens with zero attached hydrogens (tertiary/aromatic N) is 1. The molecule has 1 heteroatoms. The number of hydrogen-bond acceptors (Lipinski definition) is 1. The Hall–Kier alpha value is -0.0400. The molecule has 0 aromatic carbocycles. The Balaban J connectivity index is 2.64. The molecular weight excluding hydrogens is 146 g/mol. The molecule has 0 unspecified atom stereocenters. The Morgan fingerprint density at radius 3 is 2.17 bits per heavy atom. The predicted molar refractivity (Wildman–Crippen MR) is 54.3 cm³/mol. The van der Waals surface area contributed by atoms with Gasteiger partial charge in [-0.15, -0.1) is 0 Å². The third kappa shape index (κ3) is 2.01. The molecular formula is C11H23N. The Kier molecular flexibility index (Phi) is 2.82. The molecule has 0 radical (unpaired) electrons. The van der Waals surface area contributed by atoms with Gasteiger partial charge in [0.1, 0.15) is 0 Å². The largest absolute Gasteiger partial charge is 0.297 e. The zero-order chi connectivity index (χ0) is 9.35. The lowest BCUT2D eigenvalue weighted by atomic mass is 9.85. The zero-order valence-corrected chi connectivity index (χ0v) is 9.22. The molecule has 1 heterocycles. The van der Waals surface area contributed by atoms with Crippen LogP contribution in [0.2, 0.25) is 0 Å². The van der Waals surface area contributed by atoms with E-state index in [0.717, 1.165) is 12.1 Å². The number of likely N-dealkylation sites (tertiary alicyclic amines) is 1. The molecule has 1 aliphatic heterocycles. The molecule has 0 aromatic rings. The monoisotopic (exact) mass is 169 g/mol. The first kappa shape index (κ1) is 10.0. The highest BCUT2D eigenvalue weighted by atomic mass is 15.2. The van der Waals surface area contributed by atoms with Crippen molar-refractivity contribution in [3.8, 4) is 0 Å². The van der Waals surface area contributed by atoms with Crippen molar-refractivity contribution in [2.75, 3.05) is 6.54 Å². The Labute approximate surface area is 77.1 Å². The van der Waals surface area contributed by atoms with Crippen LogP contribution in [-0.2, 0) is 0 Å². The zero-order valence-electron chi connectivity index (χ0n) is 9.22. The highest BCUT2D eigenvalue weighted by Gasteiger charge is 2.34. The van der Waals surface area contributed by atoms with Crippen LogP contribution in [0.3, 0.4) is 0 Å². The summed E-state index contributed by atoms with van der Waals surface area (Å²) in [5.41, 5.74) is 0.459. The van der Waals surface area contributed by atoms with Crippen molar-refractivity contribution in [1.82, 2.24) is 4.90 Å². The van der Waals surface area contributed by atoms with E-state index in [1.165, 1.54) is 19.4 Å². The van der Waals surface area contributed by atoms with Gasteiger partial charge in [-0.05, 0) is 38.6 Å². The summed E-state index contributed by atoms with van der Waals surface area (Å²) in [6.45, 7) is 13.0. The first-order valence-corrected chi connectivity index (χ1v) is 5.18. The quantitative estimate of drug-likeness (QED) is 0.583. The van der Waals surface area contributed by atoms with Crippen LogP contribution >= 0.6 is 0 Å². The molecule has 0 amide bonds. The maximum absolute atomic E-state index is 2.65. The molecule has 0 N–H and O–H groups in total. The van der Waals surface area contributed by atoms with E-state index in [-0.39, 0.29) is 0 Å². The van der Waals surface area contributed by atoms with E-state index < -0.39 is 0 Å². The maximum Gasteiger partial charge on any atom is 0.0147 e. The van der Waals surface area contributed by atoms with Gasteiger partial charge in [-0.3, -0.25) is 4.90 Å². The third-order valence-electron chi connectivity index (χ3n) is 2.96. The van der Waals surface area contributed by atoms with Gasteiger partial charge in [-0.2, -0.15) is 0 Å². The fraction of sp³-hybridized carbons (Fsp3) is 1.00. The SMILES string of the molecule is CC(C)N1CCC[C@H]1C(C)(C)C. The van der Waals surface area contributed by atoms with Gasteiger partial charge >= 0.3 is 0 Å². The van der Waals surface area contributed by atoms with Crippen molar-refractivity contribution < 1.29 is 0 Å². The molecule has 1 fully saturated rings. The van der Waals surface area contributed by atoms with Gasteiger partial charge in [0.2, 0.25) is 0 Å². The second-order valence-corrected chi connectivity index (χ2v) is 5.36. The van der Waals surface area contributed by atoms with E-state index in [0.29, 0.717) is 5.41 Å². The van der Waals surface area contributed by atoms with Crippen LogP contribution in [0.15, 0.2) is 0 Å². The minimum Gasteiger partial charge on any atom is -0.297 e. The minimum absolute atomic E-state index is 0.459. The summed E-state index contributed by atoms with van der Waals surface area (Å²) in [5, 5.41) is 0. The fourth-order valence-electron chi connectivity index (χ4n) is 2.34. The molecule has 1 nitrogen and oxygen atoms in total. The molecule has 0 aliphatic carbocycles. The molecule has 0 spiro atoms. The summed E-state index contributed by atoms with van der Waals surface area (Å²) < 4.78 is 0. The summed E-state index contributed by atoms with van der Waals surface area (Å²) in [5.74, 6) is 0. The second-order valence-electron chi connectivity index (χ2n) is 5.36. The smallest absolute Gasteiger partial charge is 0.0147 e. The van der Waals surface area contributed by atoms with E-state index in [1.54, 1.807) is 0 Å². The van der Waals surface area contributed by atoms with Crippen molar-refractivity contribution in [2.24, 2.45) is 5.41 Å². The second kappa shape index (κ2) is 3.37. The van der Waals surface area contributed by atoms with Gasteiger partial charge in [0.05, 0.1) is 0 Å². The van der Waals surface area contributed by atoms with Crippen LogP contribution in [0.4, 0.5) is 0 Å². The molecule has 1 saturated heterocycles. The molecule has 1 rings (SSSR count). The van der Waals surface area contributed by atoms with Crippen LogP contribution in [0.25, 0.3) is 0 Å². The fourth-order valence-corrected chi connectivity index (χ4v) is 2.34. The molecule has 0 bridgehead atoms. The van der Waals surface area contributed by atoms with Crippen LogP contribution in [0.5, 0.6) is 0 Å². The molecule has 72 valence electrons. The topological polar surface area (TPSA) is 3.24 Å². The van der Waals surface area contributed by atoms with Crippen molar-refractivity contribution in [1.29, 1.82) is 0 Å². The van der Waals surface area contributed by atoms with Crippen LogP contribution in [-0.4, -0.2) is 23.5 Å². The van der Waals surface area contributed by atoms with Gasteiger partial charge in [0.15, 0.2) is 0 Å². The van der Waals surface area contributed by atoms with E-state index >= 15 is 0 Å². The number of rotatable bonds is 1. The molecule has 1 atom stereocenters. The minimum atomic E-state index is 0.459. The van der Waals surface area contributed by atoms with E-state index in [4.69, 9.17) is 0 Å². The summed E-state index contributed by atoms with van der Waals surface area (Å²) in [6, 6.07) is 1.52. The summed E-state index contributed by atoms with van der Waals surface area (Å²) >= 11 is 0. The first-order chi connectivity index (χ1) is 5.43.